The van der Waals surface area contributed by atoms with Gasteiger partial charge in [0.15, 0.2) is 0 Å². The lowest BCUT2D eigenvalue weighted by molar-refractivity contribution is 0.0968. The van der Waals surface area contributed by atoms with Gasteiger partial charge in [-0.05, 0) is 30.7 Å². The van der Waals surface area contributed by atoms with Gasteiger partial charge < -0.3 is 4.74 Å². The molecule has 0 unspecified atom stereocenters. The molecule has 2 heterocycles. The SMILES string of the molecule is COc1ccccc1[C@@H](C)N1CCN(Cc2ccncc2)CC1. The molecule has 4 heteroatoms. The molecule has 0 amide bonds. The number of para-hydroxylation sites is 1. The predicted octanol–water partition coefficient (Wildman–Crippen LogP) is 2.97. The van der Waals surface area contributed by atoms with Gasteiger partial charge in [-0.25, -0.2) is 0 Å². The van der Waals surface area contributed by atoms with Gasteiger partial charge in [0.2, 0.25) is 0 Å². The van der Waals surface area contributed by atoms with E-state index >= 15 is 0 Å². The number of methoxy groups -OCH3 is 1. The minimum Gasteiger partial charge on any atom is -0.496 e. The summed E-state index contributed by atoms with van der Waals surface area (Å²) in [7, 11) is 1.75. The fourth-order valence-electron chi connectivity index (χ4n) is 3.26. The first kappa shape index (κ1) is 16.0. The smallest absolute Gasteiger partial charge is 0.123 e. The number of hydrogen-bond donors (Lipinski definition) is 0. The largest absolute Gasteiger partial charge is 0.496 e. The molecular formula is C19H25N3O. The lowest BCUT2D eigenvalue weighted by atomic mass is 10.0. The normalized spacial score (nSPS) is 17.8. The third kappa shape index (κ3) is 3.89. The number of nitrogens with zero attached hydrogens (tertiary/aromatic N) is 3. The summed E-state index contributed by atoms with van der Waals surface area (Å²) in [5.74, 6) is 0.985. The molecule has 122 valence electrons. The maximum atomic E-state index is 5.51. The van der Waals surface area contributed by atoms with E-state index in [1.807, 2.05) is 24.5 Å². The van der Waals surface area contributed by atoms with Crippen LogP contribution in [-0.2, 0) is 6.54 Å². The van der Waals surface area contributed by atoms with Gasteiger partial charge in [-0.1, -0.05) is 18.2 Å². The van der Waals surface area contributed by atoms with Crippen LogP contribution in [0.4, 0.5) is 0 Å². The van der Waals surface area contributed by atoms with E-state index < -0.39 is 0 Å². The van der Waals surface area contributed by atoms with Crippen molar-refractivity contribution < 1.29 is 4.74 Å². The van der Waals surface area contributed by atoms with E-state index in [-0.39, 0.29) is 0 Å². The lowest BCUT2D eigenvalue weighted by Crippen LogP contribution is -2.46. The Morgan fingerprint density at radius 2 is 1.74 bits per heavy atom. The Kier molecular flexibility index (Phi) is 5.26. The molecule has 1 aliphatic rings. The van der Waals surface area contributed by atoms with Gasteiger partial charge in [0, 0.05) is 56.7 Å². The van der Waals surface area contributed by atoms with Crippen LogP contribution in [0.25, 0.3) is 0 Å². The van der Waals surface area contributed by atoms with Crippen molar-refractivity contribution in [1.29, 1.82) is 0 Å². The molecule has 0 N–H and O–H groups in total. The maximum absolute atomic E-state index is 5.51. The van der Waals surface area contributed by atoms with Crippen LogP contribution < -0.4 is 4.74 Å². The quantitative estimate of drug-likeness (QED) is 0.849. The zero-order valence-electron chi connectivity index (χ0n) is 14.0. The van der Waals surface area contributed by atoms with E-state index in [4.69, 9.17) is 4.74 Å². The van der Waals surface area contributed by atoms with Crippen molar-refractivity contribution in [2.45, 2.75) is 19.5 Å². The molecule has 3 rings (SSSR count). The first-order valence-electron chi connectivity index (χ1n) is 8.26. The summed E-state index contributed by atoms with van der Waals surface area (Å²) in [4.78, 5) is 9.14. The van der Waals surface area contributed by atoms with Crippen molar-refractivity contribution in [3.05, 3.63) is 59.9 Å². The molecule has 0 bridgehead atoms. The Labute approximate surface area is 138 Å². The third-order valence-corrected chi connectivity index (χ3v) is 4.70. The highest BCUT2D eigenvalue weighted by Gasteiger charge is 2.23. The second-order valence-electron chi connectivity index (χ2n) is 6.09. The molecule has 1 aromatic carbocycles. The predicted molar refractivity (Wildman–Crippen MR) is 92.5 cm³/mol. The molecular weight excluding hydrogens is 286 g/mol. The maximum Gasteiger partial charge on any atom is 0.123 e. The van der Waals surface area contributed by atoms with E-state index in [9.17, 15) is 0 Å². The number of piperazine rings is 1. The molecule has 0 radical (unpaired) electrons. The lowest BCUT2D eigenvalue weighted by Gasteiger charge is -2.38. The van der Waals surface area contributed by atoms with Crippen LogP contribution in [0, 0.1) is 0 Å². The molecule has 1 saturated heterocycles. The van der Waals surface area contributed by atoms with Crippen molar-refractivity contribution in [3.8, 4) is 5.75 Å². The minimum atomic E-state index is 0.384. The molecule has 1 aromatic heterocycles. The first-order valence-corrected chi connectivity index (χ1v) is 8.26. The number of benzene rings is 1. The topological polar surface area (TPSA) is 28.6 Å². The van der Waals surface area contributed by atoms with Gasteiger partial charge in [-0.3, -0.25) is 14.8 Å². The molecule has 4 nitrogen and oxygen atoms in total. The van der Waals surface area contributed by atoms with Crippen molar-refractivity contribution in [2.24, 2.45) is 0 Å². The first-order chi connectivity index (χ1) is 11.3. The van der Waals surface area contributed by atoms with Crippen molar-refractivity contribution >= 4 is 0 Å². The zero-order chi connectivity index (χ0) is 16.1. The van der Waals surface area contributed by atoms with Gasteiger partial charge in [0.25, 0.3) is 0 Å². The van der Waals surface area contributed by atoms with Crippen molar-refractivity contribution in [1.82, 2.24) is 14.8 Å². The van der Waals surface area contributed by atoms with E-state index in [0.717, 1.165) is 38.5 Å². The van der Waals surface area contributed by atoms with E-state index in [1.54, 1.807) is 7.11 Å². The van der Waals surface area contributed by atoms with Crippen LogP contribution in [0.3, 0.4) is 0 Å². The summed E-state index contributed by atoms with van der Waals surface area (Å²) in [6.07, 6.45) is 3.74. The zero-order valence-corrected chi connectivity index (χ0v) is 14.0. The highest BCUT2D eigenvalue weighted by molar-refractivity contribution is 5.35. The highest BCUT2D eigenvalue weighted by atomic mass is 16.5. The Morgan fingerprint density at radius 1 is 1.04 bits per heavy atom. The second-order valence-corrected chi connectivity index (χ2v) is 6.09. The van der Waals surface area contributed by atoms with E-state index in [2.05, 4.69) is 46.0 Å². The van der Waals surface area contributed by atoms with Crippen LogP contribution in [0.2, 0.25) is 0 Å². The summed E-state index contributed by atoms with van der Waals surface area (Å²) in [6, 6.07) is 12.9. The number of rotatable bonds is 5. The monoisotopic (exact) mass is 311 g/mol. The number of ether oxygens (including phenoxy) is 1. The summed E-state index contributed by atoms with van der Waals surface area (Å²) >= 11 is 0. The highest BCUT2D eigenvalue weighted by Crippen LogP contribution is 2.29. The van der Waals surface area contributed by atoms with Crippen LogP contribution in [0.1, 0.15) is 24.1 Å². The van der Waals surface area contributed by atoms with E-state index in [1.165, 1.54) is 11.1 Å². The molecule has 0 aliphatic carbocycles. The Morgan fingerprint density at radius 3 is 2.43 bits per heavy atom. The molecule has 0 saturated carbocycles. The number of aromatic nitrogens is 1. The van der Waals surface area contributed by atoms with Crippen LogP contribution >= 0.6 is 0 Å². The minimum absolute atomic E-state index is 0.384. The van der Waals surface area contributed by atoms with E-state index in [0.29, 0.717) is 6.04 Å². The van der Waals surface area contributed by atoms with Gasteiger partial charge >= 0.3 is 0 Å². The summed E-state index contributed by atoms with van der Waals surface area (Å²) in [5.41, 5.74) is 2.61. The fraction of sp³-hybridized carbons (Fsp3) is 0.421. The summed E-state index contributed by atoms with van der Waals surface area (Å²) in [5, 5.41) is 0. The summed E-state index contributed by atoms with van der Waals surface area (Å²) in [6.45, 7) is 7.66. The van der Waals surface area contributed by atoms with Gasteiger partial charge in [0.1, 0.15) is 5.75 Å². The Bertz CT molecular complexity index is 609. The summed E-state index contributed by atoms with van der Waals surface area (Å²) < 4.78 is 5.51. The van der Waals surface area contributed by atoms with Gasteiger partial charge in [0.05, 0.1) is 7.11 Å². The average Bonchev–Trinajstić information content (AvgIpc) is 2.62. The van der Waals surface area contributed by atoms with Gasteiger partial charge in [-0.15, -0.1) is 0 Å². The molecule has 1 fully saturated rings. The Balaban J connectivity index is 1.58. The van der Waals surface area contributed by atoms with Crippen molar-refractivity contribution in [2.75, 3.05) is 33.3 Å². The van der Waals surface area contributed by atoms with Gasteiger partial charge in [-0.2, -0.15) is 0 Å². The Hall–Kier alpha value is -1.91. The number of pyridine rings is 1. The molecule has 0 spiro atoms. The number of hydrogen-bond acceptors (Lipinski definition) is 4. The van der Waals surface area contributed by atoms with Crippen molar-refractivity contribution in [3.63, 3.8) is 0 Å². The molecule has 2 aromatic rings. The van der Waals surface area contributed by atoms with Crippen LogP contribution in [0.5, 0.6) is 5.75 Å². The molecule has 1 atom stereocenters. The van der Waals surface area contributed by atoms with Crippen LogP contribution in [-0.4, -0.2) is 48.1 Å². The molecule has 23 heavy (non-hydrogen) atoms. The third-order valence-electron chi connectivity index (χ3n) is 4.70. The van der Waals surface area contributed by atoms with Crippen LogP contribution in [0.15, 0.2) is 48.8 Å². The standard InChI is InChI=1S/C19H25N3O/c1-16(18-5-3-4-6-19(18)23-2)22-13-11-21(12-14-22)15-17-7-9-20-10-8-17/h3-10,16H,11-15H2,1-2H3/t16-/m1/s1. The second kappa shape index (κ2) is 7.57. The average molecular weight is 311 g/mol. The fourth-order valence-corrected chi connectivity index (χ4v) is 3.26. The molecule has 1 aliphatic heterocycles.